The van der Waals surface area contributed by atoms with Crippen LogP contribution in [0.25, 0.3) is 0 Å². The molecule has 0 unspecified atom stereocenters. The number of amides is 1. The van der Waals surface area contributed by atoms with E-state index in [1.54, 1.807) is 30.3 Å². The second-order valence-corrected chi connectivity index (χ2v) is 10.3. The Bertz CT molecular complexity index is 1190. The lowest BCUT2D eigenvalue weighted by atomic mass is 10.2. The van der Waals surface area contributed by atoms with Crippen molar-refractivity contribution in [1.29, 1.82) is 0 Å². The highest BCUT2D eigenvalue weighted by molar-refractivity contribution is 9.10. The summed E-state index contributed by atoms with van der Waals surface area (Å²) in [5.41, 5.74) is 0.577. The first-order valence-corrected chi connectivity index (χ1v) is 11.9. The number of nitrogens with one attached hydrogen (secondary N) is 1. The monoisotopic (exact) mass is 544 g/mol. The van der Waals surface area contributed by atoms with Crippen LogP contribution >= 0.6 is 39.1 Å². The van der Waals surface area contributed by atoms with Crippen LogP contribution in [-0.4, -0.2) is 25.2 Å². The van der Waals surface area contributed by atoms with E-state index in [1.165, 1.54) is 36.4 Å². The highest BCUT2D eigenvalue weighted by Gasteiger charge is 2.27. The molecule has 3 aromatic carbocycles. The summed E-state index contributed by atoms with van der Waals surface area (Å²) < 4.78 is 42.0. The third-order valence-electron chi connectivity index (χ3n) is 4.25. The van der Waals surface area contributed by atoms with Crippen molar-refractivity contribution in [3.05, 3.63) is 92.6 Å². The maximum atomic E-state index is 14.1. The zero-order valence-corrected chi connectivity index (χ0v) is 19.8. The summed E-state index contributed by atoms with van der Waals surface area (Å²) in [6.07, 6.45) is 0. The molecule has 31 heavy (non-hydrogen) atoms. The van der Waals surface area contributed by atoms with E-state index >= 15 is 0 Å². The molecule has 0 bridgehead atoms. The Labute approximate surface area is 198 Å². The molecule has 0 heterocycles. The van der Waals surface area contributed by atoms with Gasteiger partial charge in [0.05, 0.1) is 17.1 Å². The zero-order valence-electron chi connectivity index (χ0n) is 15.9. The number of nitrogens with zero attached hydrogens (tertiary/aromatic N) is 1. The molecular weight excluding hydrogens is 530 g/mol. The molecule has 0 aliphatic carbocycles. The smallest absolute Gasteiger partial charge is 0.243 e. The summed E-state index contributed by atoms with van der Waals surface area (Å²) >= 11 is 14.9. The largest absolute Gasteiger partial charge is 0.322 e. The Morgan fingerprint density at radius 3 is 2.13 bits per heavy atom. The van der Waals surface area contributed by atoms with Crippen molar-refractivity contribution < 1.29 is 17.6 Å². The van der Waals surface area contributed by atoms with E-state index in [2.05, 4.69) is 21.2 Å². The maximum Gasteiger partial charge on any atom is 0.243 e. The molecular formula is C21H16BrCl2FN2O3S. The van der Waals surface area contributed by atoms with Gasteiger partial charge in [0.15, 0.2) is 0 Å². The summed E-state index contributed by atoms with van der Waals surface area (Å²) in [5.74, 6) is -1.33. The molecule has 0 saturated carbocycles. The van der Waals surface area contributed by atoms with Gasteiger partial charge in [0.2, 0.25) is 15.9 Å². The number of hydrogen-bond acceptors (Lipinski definition) is 3. The topological polar surface area (TPSA) is 66.5 Å². The normalized spacial score (nSPS) is 11.5. The Kier molecular flexibility index (Phi) is 7.72. The minimum absolute atomic E-state index is 0.0199. The molecule has 1 N–H and O–H groups in total. The summed E-state index contributed by atoms with van der Waals surface area (Å²) in [5, 5.41) is 3.29. The molecule has 0 fully saturated rings. The van der Waals surface area contributed by atoms with Gasteiger partial charge >= 0.3 is 0 Å². The van der Waals surface area contributed by atoms with Gasteiger partial charge in [-0.3, -0.25) is 4.79 Å². The van der Waals surface area contributed by atoms with Gasteiger partial charge in [-0.15, -0.1) is 0 Å². The van der Waals surface area contributed by atoms with Gasteiger partial charge in [-0.05, 0) is 60.2 Å². The van der Waals surface area contributed by atoms with Gasteiger partial charge in [-0.1, -0.05) is 51.3 Å². The van der Waals surface area contributed by atoms with E-state index in [9.17, 15) is 17.6 Å². The molecule has 5 nitrogen and oxygen atoms in total. The van der Waals surface area contributed by atoms with Crippen LogP contribution in [0, 0.1) is 5.82 Å². The number of carbonyl (C=O) groups is 1. The highest BCUT2D eigenvalue weighted by atomic mass is 79.9. The predicted molar refractivity (Wildman–Crippen MR) is 123 cm³/mol. The van der Waals surface area contributed by atoms with Gasteiger partial charge in [-0.2, -0.15) is 4.31 Å². The standard InChI is InChI=1S/C21H16BrCl2FN2O3S/c22-15-3-10-20(19(25)11-15)26-21(28)13-27(12-14-1-4-16(23)5-2-14)31(29,30)18-8-6-17(24)7-9-18/h1-11H,12-13H2,(H,26,28). The second kappa shape index (κ2) is 10.1. The summed E-state index contributed by atoms with van der Waals surface area (Å²) in [6.45, 7) is -0.610. The average molecular weight is 546 g/mol. The van der Waals surface area contributed by atoms with Crippen molar-refractivity contribution in [2.75, 3.05) is 11.9 Å². The second-order valence-electron chi connectivity index (χ2n) is 6.53. The molecule has 162 valence electrons. The zero-order chi connectivity index (χ0) is 22.6. The molecule has 0 radical (unpaired) electrons. The first-order valence-electron chi connectivity index (χ1n) is 8.90. The van der Waals surface area contributed by atoms with E-state index in [-0.39, 0.29) is 17.1 Å². The lowest BCUT2D eigenvalue weighted by molar-refractivity contribution is -0.116. The van der Waals surface area contributed by atoms with Gasteiger partial charge in [-0.25, -0.2) is 12.8 Å². The van der Waals surface area contributed by atoms with E-state index < -0.39 is 28.3 Å². The Morgan fingerprint density at radius 1 is 0.968 bits per heavy atom. The molecule has 1 amide bonds. The number of halogens is 4. The van der Waals surface area contributed by atoms with E-state index in [0.717, 1.165) is 4.31 Å². The maximum absolute atomic E-state index is 14.1. The van der Waals surface area contributed by atoms with E-state index in [1.807, 2.05) is 0 Å². The van der Waals surface area contributed by atoms with Crippen LogP contribution in [0.2, 0.25) is 10.0 Å². The Hall–Kier alpha value is -1.97. The fraction of sp³-hybridized carbons (Fsp3) is 0.0952. The lowest BCUT2D eigenvalue weighted by Gasteiger charge is -2.22. The fourth-order valence-corrected chi connectivity index (χ4v) is 4.69. The molecule has 10 heteroatoms. The van der Waals surface area contributed by atoms with Crippen LogP contribution in [0.3, 0.4) is 0 Å². The van der Waals surface area contributed by atoms with Crippen molar-refractivity contribution >= 4 is 60.7 Å². The minimum Gasteiger partial charge on any atom is -0.322 e. The molecule has 0 atom stereocenters. The molecule has 0 aromatic heterocycles. The van der Waals surface area contributed by atoms with E-state index in [4.69, 9.17) is 23.2 Å². The average Bonchev–Trinajstić information content (AvgIpc) is 2.71. The first-order chi connectivity index (χ1) is 14.6. The van der Waals surface area contributed by atoms with Crippen LogP contribution in [0.5, 0.6) is 0 Å². The number of rotatable bonds is 7. The quantitative estimate of drug-likeness (QED) is 0.412. The van der Waals surface area contributed by atoms with Gasteiger partial charge in [0, 0.05) is 21.1 Å². The van der Waals surface area contributed by atoms with Gasteiger partial charge in [0.25, 0.3) is 0 Å². The Morgan fingerprint density at radius 2 is 1.55 bits per heavy atom. The molecule has 0 aliphatic heterocycles. The molecule has 3 rings (SSSR count). The van der Waals surface area contributed by atoms with Crippen LogP contribution in [0.4, 0.5) is 10.1 Å². The van der Waals surface area contributed by atoms with Gasteiger partial charge < -0.3 is 5.32 Å². The molecule has 0 spiro atoms. The van der Waals surface area contributed by atoms with Crippen LogP contribution in [-0.2, 0) is 21.4 Å². The lowest BCUT2D eigenvalue weighted by Crippen LogP contribution is -2.37. The molecule has 0 aliphatic rings. The van der Waals surface area contributed by atoms with Crippen LogP contribution < -0.4 is 5.32 Å². The number of anilines is 1. The highest BCUT2D eigenvalue weighted by Crippen LogP contribution is 2.23. The number of hydrogen-bond donors (Lipinski definition) is 1. The van der Waals surface area contributed by atoms with Crippen molar-refractivity contribution in [1.82, 2.24) is 4.31 Å². The van der Waals surface area contributed by atoms with Crippen LogP contribution in [0.1, 0.15) is 5.56 Å². The van der Waals surface area contributed by atoms with Crippen LogP contribution in [0.15, 0.2) is 76.1 Å². The van der Waals surface area contributed by atoms with Crippen molar-refractivity contribution in [2.24, 2.45) is 0 Å². The SMILES string of the molecule is O=C(CN(Cc1ccc(Cl)cc1)S(=O)(=O)c1ccc(Cl)cc1)Nc1ccc(Br)cc1F. The molecule has 0 saturated heterocycles. The van der Waals surface area contributed by atoms with Gasteiger partial charge in [0.1, 0.15) is 5.82 Å². The summed E-state index contributed by atoms with van der Waals surface area (Å²) in [6, 6.07) is 16.4. The minimum atomic E-state index is -4.05. The number of sulfonamides is 1. The number of carbonyl (C=O) groups excluding carboxylic acids is 1. The summed E-state index contributed by atoms with van der Waals surface area (Å²) in [7, 11) is -4.05. The molecule has 3 aromatic rings. The summed E-state index contributed by atoms with van der Waals surface area (Å²) in [4.78, 5) is 12.6. The van der Waals surface area contributed by atoms with Crippen molar-refractivity contribution in [3.63, 3.8) is 0 Å². The first kappa shape index (κ1) is 23.7. The van der Waals surface area contributed by atoms with Crippen molar-refractivity contribution in [3.8, 4) is 0 Å². The Balaban J connectivity index is 1.88. The predicted octanol–water partition coefficient (Wildman–Crippen LogP) is 5.72. The fourth-order valence-electron chi connectivity index (χ4n) is 2.72. The van der Waals surface area contributed by atoms with E-state index in [0.29, 0.717) is 20.1 Å². The third kappa shape index (κ3) is 6.27. The van der Waals surface area contributed by atoms with Crippen molar-refractivity contribution in [2.45, 2.75) is 11.4 Å². The third-order valence-corrected chi connectivity index (χ3v) is 7.05. The number of benzene rings is 3.